The zero-order valence-corrected chi connectivity index (χ0v) is 25.9. The highest BCUT2D eigenvalue weighted by molar-refractivity contribution is 6.00. The van der Waals surface area contributed by atoms with Crippen molar-refractivity contribution in [1.29, 1.82) is 0 Å². The first-order chi connectivity index (χ1) is 20.8. The fourth-order valence-electron chi connectivity index (χ4n) is 6.96. The molecule has 5 rings (SSSR count). The van der Waals surface area contributed by atoms with Crippen molar-refractivity contribution in [2.45, 2.75) is 84.8 Å². The van der Waals surface area contributed by atoms with Gasteiger partial charge in [-0.15, -0.1) is 0 Å². The number of hydrogen-bond acceptors (Lipinski definition) is 6. The molecule has 0 spiro atoms. The summed E-state index contributed by atoms with van der Waals surface area (Å²) in [5, 5.41) is 27.1. The first-order valence-electron chi connectivity index (χ1n) is 15.1. The number of carboxylic acid groups (broad SMARTS) is 2. The zero-order valence-electron chi connectivity index (χ0n) is 25.9. The molecule has 44 heavy (non-hydrogen) atoms. The lowest BCUT2D eigenvalue weighted by Crippen LogP contribution is -2.30. The molecular weight excluding hydrogens is 562 g/mol. The molecule has 5 heterocycles. The minimum absolute atomic E-state index is 0.00518. The van der Waals surface area contributed by atoms with Gasteiger partial charge in [0.1, 0.15) is 0 Å². The van der Waals surface area contributed by atoms with Crippen LogP contribution in [0.1, 0.15) is 75.9 Å². The van der Waals surface area contributed by atoms with Crippen LogP contribution in [0.4, 0.5) is 0 Å². The van der Waals surface area contributed by atoms with E-state index in [1.165, 1.54) is 0 Å². The molecule has 0 saturated carbocycles. The topological polar surface area (TPSA) is 174 Å². The van der Waals surface area contributed by atoms with E-state index in [0.29, 0.717) is 24.8 Å². The molecule has 0 aromatic carbocycles. The van der Waals surface area contributed by atoms with E-state index in [-0.39, 0.29) is 42.5 Å². The van der Waals surface area contributed by atoms with E-state index in [2.05, 4.69) is 34.5 Å². The molecule has 4 atom stereocenters. The molecule has 11 heteroatoms. The Morgan fingerprint density at radius 3 is 2.39 bits per heavy atom. The summed E-state index contributed by atoms with van der Waals surface area (Å²) in [7, 11) is 0. The van der Waals surface area contributed by atoms with E-state index in [0.717, 1.165) is 57.0 Å². The van der Waals surface area contributed by atoms with Crippen molar-refractivity contribution >= 4 is 29.8 Å². The minimum atomic E-state index is -0.904. The monoisotopic (exact) mass is 603 g/mol. The average Bonchev–Trinajstić information content (AvgIpc) is 3.29. The lowest BCUT2D eigenvalue weighted by atomic mass is 9.90. The molecule has 0 bridgehead atoms. The summed E-state index contributed by atoms with van der Waals surface area (Å²) < 4.78 is 0. The van der Waals surface area contributed by atoms with Gasteiger partial charge < -0.3 is 25.8 Å². The summed E-state index contributed by atoms with van der Waals surface area (Å²) in [6.45, 7) is 13.6. The summed E-state index contributed by atoms with van der Waals surface area (Å²) in [5.41, 5.74) is 11.2. The van der Waals surface area contributed by atoms with E-state index >= 15 is 0 Å². The predicted molar refractivity (Wildman–Crippen MR) is 164 cm³/mol. The highest BCUT2D eigenvalue weighted by atomic mass is 16.4. The maximum Gasteiger partial charge on any atom is 0.303 e. The Bertz CT molecular complexity index is 1590. The molecule has 0 unspecified atom stereocenters. The largest absolute Gasteiger partial charge is 0.481 e. The Morgan fingerprint density at radius 2 is 1.77 bits per heavy atom. The van der Waals surface area contributed by atoms with Crippen molar-refractivity contribution in [2.24, 2.45) is 11.8 Å². The number of fused-ring (bicyclic) bond motifs is 1. The molecule has 234 valence electrons. The summed E-state index contributed by atoms with van der Waals surface area (Å²) in [6, 6.07) is -0.218. The number of aromatic nitrogens is 1. The highest BCUT2D eigenvalue weighted by Crippen LogP contribution is 2.52. The molecule has 6 N–H and O–H groups in total. The molecule has 2 fully saturated rings. The number of aliphatic carboxylic acids is 2. The number of nitrogens with zero attached hydrogens (tertiary/aromatic N) is 1. The van der Waals surface area contributed by atoms with Crippen LogP contribution in [0.3, 0.4) is 0 Å². The third kappa shape index (κ3) is 5.29. The molecule has 4 aliphatic heterocycles. The summed E-state index contributed by atoms with van der Waals surface area (Å²) in [4.78, 5) is 51.6. The van der Waals surface area contributed by atoms with Crippen molar-refractivity contribution in [3.05, 3.63) is 74.9 Å². The van der Waals surface area contributed by atoms with E-state index < -0.39 is 17.6 Å². The van der Waals surface area contributed by atoms with E-state index in [9.17, 15) is 29.4 Å². The summed E-state index contributed by atoms with van der Waals surface area (Å²) in [6.07, 6.45) is 7.40. The number of carbonyl (C=O) groups excluding carboxylic acids is 2. The number of carboxylic acids is 2. The van der Waals surface area contributed by atoms with Crippen molar-refractivity contribution < 1.29 is 29.4 Å². The highest BCUT2D eigenvalue weighted by Gasteiger charge is 2.60. The zero-order chi connectivity index (χ0) is 32.1. The lowest BCUT2D eigenvalue weighted by molar-refractivity contribution is -0.138. The summed E-state index contributed by atoms with van der Waals surface area (Å²) >= 11 is 0. The standard InChI is InChI=1S/C33H41N5O6/c1-7-20-18(5)31(43)36-27(20)15-33-19(6)23(10-12-30(41)42)28(38(33)37-33)14-26-22(9-11-29(39)40)17(4)24(34-26)13-25-16(3)21(8-2)32(44)35-25/h8,14-15,18,20,25,34,37H,2,7,9-13H2,1,3-6H3,(H,35,44)(H,36,43)(H,39,40)(H,41,42)/b27-15-,28-14-/t18-,20-,25-,33+,38?/m1/s1. The molecule has 0 aliphatic carbocycles. The minimum Gasteiger partial charge on any atom is -0.481 e. The second kappa shape index (κ2) is 11.6. The molecule has 11 nitrogen and oxygen atoms in total. The molecule has 1 aromatic heterocycles. The first kappa shape index (κ1) is 31.1. The van der Waals surface area contributed by atoms with E-state index in [4.69, 9.17) is 0 Å². The van der Waals surface area contributed by atoms with Gasteiger partial charge in [0.2, 0.25) is 5.91 Å². The van der Waals surface area contributed by atoms with Gasteiger partial charge in [0, 0.05) is 53.8 Å². The number of hydrazine groups is 1. The SMILES string of the molecule is C=CC1=C(C)[C@@H](Cc2[nH]c(/C=C3/C(CCC(=O)O)=C(C)[C@@]4(/C=C5\NC(=O)[C@H](C)[C@H]5CC)NN34)c(CCC(=O)O)c2C)NC1=O. The van der Waals surface area contributed by atoms with Crippen LogP contribution in [0.5, 0.6) is 0 Å². The normalized spacial score (nSPS) is 27.8. The van der Waals surface area contributed by atoms with Gasteiger partial charge in [-0.2, -0.15) is 5.43 Å². The van der Waals surface area contributed by atoms with Crippen LogP contribution in [0, 0.1) is 18.8 Å². The molecule has 4 aliphatic rings. The Hall–Kier alpha value is -4.38. The van der Waals surface area contributed by atoms with Crippen LogP contribution in [0.15, 0.2) is 52.4 Å². The Labute approximate surface area is 256 Å². The van der Waals surface area contributed by atoms with Crippen LogP contribution in [-0.4, -0.2) is 55.7 Å². The molecule has 0 radical (unpaired) electrons. The second-order valence-corrected chi connectivity index (χ2v) is 12.2. The number of rotatable bonds is 12. The van der Waals surface area contributed by atoms with Gasteiger partial charge in [-0.3, -0.25) is 24.2 Å². The third-order valence-electron chi connectivity index (χ3n) is 9.73. The lowest BCUT2D eigenvalue weighted by Gasteiger charge is -2.14. The molecule has 2 saturated heterocycles. The number of aromatic amines is 1. The number of carbonyl (C=O) groups is 4. The quantitative estimate of drug-likeness (QED) is 0.197. The van der Waals surface area contributed by atoms with Crippen LogP contribution < -0.4 is 16.1 Å². The Morgan fingerprint density at radius 1 is 1.09 bits per heavy atom. The van der Waals surface area contributed by atoms with Gasteiger partial charge in [0.05, 0.1) is 11.7 Å². The first-order valence-corrected chi connectivity index (χ1v) is 15.1. The number of hydrogen-bond donors (Lipinski definition) is 6. The Balaban J connectivity index is 1.55. The van der Waals surface area contributed by atoms with Crippen LogP contribution >= 0.6 is 0 Å². The molecule has 1 aromatic rings. The van der Waals surface area contributed by atoms with Gasteiger partial charge in [0.15, 0.2) is 5.66 Å². The second-order valence-electron chi connectivity index (χ2n) is 12.2. The number of nitrogens with one attached hydrogen (secondary N) is 4. The number of amides is 2. The predicted octanol–water partition coefficient (Wildman–Crippen LogP) is 3.61. The van der Waals surface area contributed by atoms with Crippen molar-refractivity contribution in [3.8, 4) is 0 Å². The summed E-state index contributed by atoms with van der Waals surface area (Å²) in [5.74, 6) is -2.04. The number of H-pyrrole nitrogens is 1. The fourth-order valence-corrected chi connectivity index (χ4v) is 6.96. The van der Waals surface area contributed by atoms with Crippen molar-refractivity contribution in [3.63, 3.8) is 0 Å². The van der Waals surface area contributed by atoms with E-state index in [1.807, 2.05) is 44.9 Å². The van der Waals surface area contributed by atoms with Gasteiger partial charge in [-0.25, -0.2) is 0 Å². The van der Waals surface area contributed by atoms with Crippen molar-refractivity contribution in [1.82, 2.24) is 26.1 Å². The van der Waals surface area contributed by atoms with Gasteiger partial charge in [0.25, 0.3) is 5.91 Å². The smallest absolute Gasteiger partial charge is 0.303 e. The Kier molecular flexibility index (Phi) is 8.19. The van der Waals surface area contributed by atoms with Gasteiger partial charge >= 0.3 is 11.9 Å². The fraction of sp³-hybridized carbons (Fsp3) is 0.455. The van der Waals surface area contributed by atoms with Gasteiger partial charge in [-0.1, -0.05) is 26.5 Å². The van der Waals surface area contributed by atoms with E-state index in [1.54, 1.807) is 6.08 Å². The maximum atomic E-state index is 12.5. The molecule has 2 amide bonds. The average molecular weight is 604 g/mol. The van der Waals surface area contributed by atoms with Crippen LogP contribution in [0.2, 0.25) is 0 Å². The third-order valence-corrected chi connectivity index (χ3v) is 9.73. The molecular formula is C33H41N5O6. The van der Waals surface area contributed by atoms with Gasteiger partial charge in [-0.05, 0) is 80.0 Å². The number of allylic oxidation sites excluding steroid dienone is 2. The van der Waals surface area contributed by atoms with Crippen LogP contribution in [-0.2, 0) is 32.0 Å². The van der Waals surface area contributed by atoms with Crippen molar-refractivity contribution in [2.75, 3.05) is 0 Å². The maximum absolute atomic E-state index is 12.5. The van der Waals surface area contributed by atoms with Crippen LogP contribution in [0.25, 0.3) is 6.08 Å².